The highest BCUT2D eigenvalue weighted by Crippen LogP contribution is 2.31. The van der Waals surface area contributed by atoms with Crippen LogP contribution in [0.3, 0.4) is 0 Å². The molecule has 6 N–H and O–H groups in total. The van der Waals surface area contributed by atoms with Gasteiger partial charge in [-0.15, -0.1) is 0 Å². The predicted octanol–water partition coefficient (Wildman–Crippen LogP) is 2.86. The summed E-state index contributed by atoms with van der Waals surface area (Å²) in [4.78, 5) is 25.5. The van der Waals surface area contributed by atoms with Gasteiger partial charge in [-0.2, -0.15) is 0 Å². The van der Waals surface area contributed by atoms with Crippen molar-refractivity contribution in [3.05, 3.63) is 35.4 Å². The maximum atomic E-state index is 13.8. The first-order valence-corrected chi connectivity index (χ1v) is 12.4. The summed E-state index contributed by atoms with van der Waals surface area (Å²) in [6.45, 7) is 17.5. The molecule has 2 aliphatic heterocycles. The molecule has 0 bridgehead atoms. The van der Waals surface area contributed by atoms with Gasteiger partial charge in [0.25, 0.3) is 5.91 Å². The molecule has 2 amide bonds. The van der Waals surface area contributed by atoms with E-state index in [2.05, 4.69) is 76.9 Å². The number of carbonyl (C=O) groups excluding carboxylic acids is 2. The Morgan fingerprint density at radius 2 is 1.29 bits per heavy atom. The van der Waals surface area contributed by atoms with E-state index in [4.69, 9.17) is 5.73 Å². The molecule has 8 nitrogen and oxygen atoms in total. The Morgan fingerprint density at radius 1 is 0.853 bits per heavy atom. The van der Waals surface area contributed by atoms with E-state index < -0.39 is 5.91 Å². The lowest BCUT2D eigenvalue weighted by Crippen LogP contribution is -2.73. The zero-order chi connectivity index (χ0) is 25.5. The Hall–Kier alpha value is -2.00. The fraction of sp³-hybridized carbons (Fsp3) is 0.692. The van der Waals surface area contributed by atoms with Gasteiger partial charge in [0.15, 0.2) is 0 Å². The van der Waals surface area contributed by atoms with Crippen molar-refractivity contribution in [3.8, 4) is 0 Å². The van der Waals surface area contributed by atoms with Gasteiger partial charge < -0.3 is 16.4 Å². The van der Waals surface area contributed by atoms with Crippen LogP contribution < -0.4 is 27.2 Å². The number of nitrogens with one attached hydrogen (secondary N) is 4. The van der Waals surface area contributed by atoms with Gasteiger partial charge in [-0.05, 0) is 99.3 Å². The minimum absolute atomic E-state index is 0.0207. The summed E-state index contributed by atoms with van der Waals surface area (Å²) in [6.07, 6.45) is 3.80. The van der Waals surface area contributed by atoms with Crippen molar-refractivity contribution in [2.24, 2.45) is 5.73 Å². The molecule has 0 radical (unpaired) electrons. The highest BCUT2D eigenvalue weighted by Gasteiger charge is 2.44. The zero-order valence-corrected chi connectivity index (χ0v) is 22.1. The molecule has 0 aromatic heterocycles. The molecule has 0 spiro atoms. The van der Waals surface area contributed by atoms with Crippen LogP contribution in [0.1, 0.15) is 102 Å². The third kappa shape index (κ3) is 6.16. The van der Waals surface area contributed by atoms with Crippen LogP contribution >= 0.6 is 0 Å². The van der Waals surface area contributed by atoms with E-state index in [9.17, 15) is 9.59 Å². The van der Waals surface area contributed by atoms with Crippen molar-refractivity contribution >= 4 is 11.8 Å². The normalized spacial score (nSPS) is 27.1. The van der Waals surface area contributed by atoms with E-state index in [1.165, 1.54) is 0 Å². The first kappa shape index (κ1) is 26.6. The molecule has 34 heavy (non-hydrogen) atoms. The Balaban J connectivity index is 1.89. The van der Waals surface area contributed by atoms with Crippen molar-refractivity contribution in [3.63, 3.8) is 0 Å². The van der Waals surface area contributed by atoms with Crippen LogP contribution in [0.4, 0.5) is 0 Å². The molecule has 2 fully saturated rings. The first-order valence-electron chi connectivity index (χ1n) is 12.4. The van der Waals surface area contributed by atoms with Crippen LogP contribution in [0, 0.1) is 0 Å². The van der Waals surface area contributed by atoms with Crippen LogP contribution in [-0.4, -0.2) is 51.2 Å². The largest absolute Gasteiger partial charge is 0.366 e. The minimum atomic E-state index is -0.554. The molecule has 2 saturated heterocycles. The average molecular weight is 473 g/mol. The van der Waals surface area contributed by atoms with Gasteiger partial charge in [0, 0.05) is 45.4 Å². The number of carbonyl (C=O) groups is 2. The van der Waals surface area contributed by atoms with Gasteiger partial charge >= 0.3 is 0 Å². The van der Waals surface area contributed by atoms with Gasteiger partial charge in [0.1, 0.15) is 0 Å². The molecule has 0 aliphatic carbocycles. The second-order valence-corrected chi connectivity index (χ2v) is 12.5. The maximum Gasteiger partial charge on any atom is 0.282 e. The number of piperidine rings is 2. The summed E-state index contributed by atoms with van der Waals surface area (Å²) in [7, 11) is 0. The first-order chi connectivity index (χ1) is 15.5. The molecule has 190 valence electrons. The summed E-state index contributed by atoms with van der Waals surface area (Å²) >= 11 is 0. The monoisotopic (exact) mass is 472 g/mol. The number of primary amides is 1. The van der Waals surface area contributed by atoms with Crippen LogP contribution in [-0.2, 0) is 0 Å². The lowest BCUT2D eigenvalue weighted by Gasteiger charge is -2.51. The Labute approximate surface area is 204 Å². The topological polar surface area (TPSA) is 112 Å². The van der Waals surface area contributed by atoms with Crippen LogP contribution in [0.25, 0.3) is 0 Å². The van der Waals surface area contributed by atoms with E-state index >= 15 is 0 Å². The van der Waals surface area contributed by atoms with E-state index in [1.807, 2.05) is 0 Å². The summed E-state index contributed by atoms with van der Waals surface area (Å²) in [5.74, 6) is -0.800. The number of rotatable bonds is 6. The van der Waals surface area contributed by atoms with Gasteiger partial charge in [0.2, 0.25) is 5.91 Å². The van der Waals surface area contributed by atoms with Crippen molar-refractivity contribution < 1.29 is 9.59 Å². The number of nitrogens with zero attached hydrogens (tertiary/aromatic N) is 1. The molecule has 2 unspecified atom stereocenters. The standard InChI is InChI=1S/C26H44N6O2/c1-23(2)14-12-19(25(5,6)30-23)28-32(22(34)18-11-9-10-17(16-18)21(27)33)29-20-13-15-24(3,4)31-26(20,7)8/h9-11,16,19-20,28-31H,12-15H2,1-8H3,(H2,27,33). The third-order valence-corrected chi connectivity index (χ3v) is 7.35. The Kier molecular flexibility index (Phi) is 7.22. The summed E-state index contributed by atoms with van der Waals surface area (Å²) in [6, 6.07) is 6.62. The highest BCUT2D eigenvalue weighted by molar-refractivity contribution is 5.98. The minimum Gasteiger partial charge on any atom is -0.366 e. The maximum absolute atomic E-state index is 13.8. The van der Waals surface area contributed by atoms with E-state index in [-0.39, 0.29) is 40.1 Å². The van der Waals surface area contributed by atoms with Gasteiger partial charge in [0.05, 0.1) is 0 Å². The van der Waals surface area contributed by atoms with Crippen molar-refractivity contribution in [2.45, 2.75) is 115 Å². The molecule has 3 rings (SSSR count). The summed E-state index contributed by atoms with van der Waals surface area (Å²) < 4.78 is 0. The SMILES string of the molecule is CC1(C)CCC(NN(NC2CCC(C)(C)NC2(C)C)C(=O)c2cccc(C(N)=O)c2)C(C)(C)N1. The van der Waals surface area contributed by atoms with Gasteiger partial charge in [-0.1, -0.05) is 6.07 Å². The van der Waals surface area contributed by atoms with Crippen molar-refractivity contribution in [2.75, 3.05) is 0 Å². The van der Waals surface area contributed by atoms with Crippen molar-refractivity contribution in [1.82, 2.24) is 26.6 Å². The van der Waals surface area contributed by atoms with Gasteiger partial charge in [-0.3, -0.25) is 9.59 Å². The number of amides is 2. The third-order valence-electron chi connectivity index (χ3n) is 7.35. The number of hydrazine groups is 2. The molecule has 1 aromatic rings. The lowest BCUT2D eigenvalue weighted by atomic mass is 9.79. The zero-order valence-electron chi connectivity index (χ0n) is 22.1. The molecular weight excluding hydrogens is 428 g/mol. The summed E-state index contributed by atoms with van der Waals surface area (Å²) in [5.41, 5.74) is 12.8. The van der Waals surface area contributed by atoms with E-state index in [1.54, 1.807) is 29.4 Å². The predicted molar refractivity (Wildman–Crippen MR) is 136 cm³/mol. The molecule has 2 atom stereocenters. The van der Waals surface area contributed by atoms with Crippen LogP contribution in [0.2, 0.25) is 0 Å². The summed E-state index contributed by atoms with van der Waals surface area (Å²) in [5, 5.41) is 8.98. The van der Waals surface area contributed by atoms with Gasteiger partial charge in [-0.25, -0.2) is 16.0 Å². The molecule has 8 heteroatoms. The quantitative estimate of drug-likeness (QED) is 0.407. The molecular formula is C26H44N6O2. The number of nitrogens with two attached hydrogens (primary N) is 1. The fourth-order valence-electron chi connectivity index (χ4n) is 5.63. The van der Waals surface area contributed by atoms with Crippen LogP contribution in [0.15, 0.2) is 24.3 Å². The van der Waals surface area contributed by atoms with Crippen LogP contribution in [0.5, 0.6) is 0 Å². The highest BCUT2D eigenvalue weighted by atomic mass is 16.2. The molecule has 1 aromatic carbocycles. The number of benzene rings is 1. The lowest BCUT2D eigenvalue weighted by molar-refractivity contribution is -0.000257. The number of hydrogen-bond donors (Lipinski definition) is 5. The average Bonchev–Trinajstić information content (AvgIpc) is 2.68. The number of hydrogen-bond acceptors (Lipinski definition) is 6. The fourth-order valence-corrected chi connectivity index (χ4v) is 5.63. The molecule has 2 aliphatic rings. The smallest absolute Gasteiger partial charge is 0.282 e. The Morgan fingerprint density at radius 3 is 1.71 bits per heavy atom. The van der Waals surface area contributed by atoms with Crippen molar-refractivity contribution in [1.29, 1.82) is 0 Å². The second kappa shape index (κ2) is 9.22. The van der Waals surface area contributed by atoms with E-state index in [0.717, 1.165) is 25.7 Å². The Bertz CT molecular complexity index is 884. The second-order valence-electron chi connectivity index (χ2n) is 12.5. The molecule has 0 saturated carbocycles. The van der Waals surface area contributed by atoms with E-state index in [0.29, 0.717) is 11.1 Å². The molecule has 2 heterocycles.